The first-order valence-corrected chi connectivity index (χ1v) is 9.16. The van der Waals surface area contributed by atoms with E-state index in [1.165, 1.54) is 18.4 Å². The van der Waals surface area contributed by atoms with Crippen molar-refractivity contribution in [2.75, 3.05) is 47.0 Å². The van der Waals surface area contributed by atoms with Gasteiger partial charge in [-0.1, -0.05) is 26.0 Å². The average Bonchev–Trinajstić information content (AvgIpc) is 3.26. The smallest absolute Gasteiger partial charge is 0.193 e. The standard InChI is InChI=1S/C20H31N3O2.HI/c1-19(2,16-5-7-17(24-4)8-6-16)13-22-18(21-3)23-11-9-20(14-23)10-12-25-15-20;/h5-8H,9-15H2,1-4H3,(H,21,22);1H. The highest BCUT2D eigenvalue weighted by atomic mass is 127. The number of rotatable bonds is 4. The lowest BCUT2D eigenvalue weighted by molar-refractivity contribution is 0.156. The van der Waals surface area contributed by atoms with Gasteiger partial charge >= 0.3 is 0 Å². The van der Waals surface area contributed by atoms with E-state index in [4.69, 9.17) is 9.47 Å². The maximum Gasteiger partial charge on any atom is 0.193 e. The first kappa shape index (κ1) is 21.3. The van der Waals surface area contributed by atoms with Crippen molar-refractivity contribution in [1.29, 1.82) is 0 Å². The van der Waals surface area contributed by atoms with E-state index in [1.54, 1.807) is 7.11 Å². The molecule has 1 aromatic carbocycles. The highest BCUT2D eigenvalue weighted by Crippen LogP contribution is 2.38. The maximum absolute atomic E-state index is 5.64. The molecule has 1 aromatic rings. The van der Waals surface area contributed by atoms with Crippen LogP contribution < -0.4 is 10.1 Å². The van der Waals surface area contributed by atoms with Crippen molar-refractivity contribution in [3.8, 4) is 5.75 Å². The summed E-state index contributed by atoms with van der Waals surface area (Å²) in [6.45, 7) is 9.27. The van der Waals surface area contributed by atoms with Crippen molar-refractivity contribution in [3.63, 3.8) is 0 Å². The molecule has 3 rings (SSSR count). The number of benzene rings is 1. The third-order valence-corrected chi connectivity index (χ3v) is 5.69. The summed E-state index contributed by atoms with van der Waals surface area (Å²) in [6, 6.07) is 8.33. The van der Waals surface area contributed by atoms with Gasteiger partial charge < -0.3 is 19.7 Å². The second-order valence-electron chi connectivity index (χ2n) is 7.99. The van der Waals surface area contributed by atoms with Crippen molar-refractivity contribution < 1.29 is 9.47 Å². The molecule has 0 aromatic heterocycles. The number of ether oxygens (including phenoxy) is 2. The molecule has 0 amide bonds. The second-order valence-corrected chi connectivity index (χ2v) is 7.99. The van der Waals surface area contributed by atoms with Crippen molar-refractivity contribution >= 4 is 29.9 Å². The molecule has 0 bridgehead atoms. The first-order chi connectivity index (χ1) is 12.0. The molecule has 0 radical (unpaired) electrons. The number of aliphatic imine (C=N–C) groups is 1. The average molecular weight is 473 g/mol. The zero-order valence-electron chi connectivity index (χ0n) is 16.4. The fraction of sp³-hybridized carbons (Fsp3) is 0.650. The molecule has 2 fully saturated rings. The monoisotopic (exact) mass is 473 g/mol. The molecule has 0 aliphatic carbocycles. The summed E-state index contributed by atoms with van der Waals surface area (Å²) in [5.41, 5.74) is 1.65. The summed E-state index contributed by atoms with van der Waals surface area (Å²) >= 11 is 0. The molecule has 1 N–H and O–H groups in total. The normalized spacial score (nSPS) is 23.2. The first-order valence-electron chi connectivity index (χ1n) is 9.16. The van der Waals surface area contributed by atoms with Gasteiger partial charge in [0.1, 0.15) is 5.75 Å². The van der Waals surface area contributed by atoms with E-state index >= 15 is 0 Å². The molecule has 6 heteroatoms. The van der Waals surface area contributed by atoms with Crippen LogP contribution in [0.3, 0.4) is 0 Å². The molecule has 1 spiro atoms. The lowest BCUT2D eigenvalue weighted by Crippen LogP contribution is -2.45. The number of nitrogens with zero attached hydrogens (tertiary/aromatic N) is 2. The Morgan fingerprint density at radius 2 is 2.04 bits per heavy atom. The number of methoxy groups -OCH3 is 1. The second kappa shape index (κ2) is 8.78. The predicted molar refractivity (Wildman–Crippen MR) is 117 cm³/mol. The van der Waals surface area contributed by atoms with Crippen molar-refractivity contribution in [1.82, 2.24) is 10.2 Å². The van der Waals surface area contributed by atoms with Crippen LogP contribution in [0.2, 0.25) is 0 Å². The Hall–Kier alpha value is -1.02. The number of hydrogen-bond acceptors (Lipinski definition) is 3. The van der Waals surface area contributed by atoms with Gasteiger partial charge in [0.25, 0.3) is 0 Å². The minimum atomic E-state index is 0. The largest absolute Gasteiger partial charge is 0.497 e. The van der Waals surface area contributed by atoms with E-state index in [9.17, 15) is 0 Å². The summed E-state index contributed by atoms with van der Waals surface area (Å²) in [6.07, 6.45) is 2.38. The van der Waals surface area contributed by atoms with Crippen LogP contribution in [0, 0.1) is 5.41 Å². The Labute approximate surface area is 174 Å². The Kier molecular flexibility index (Phi) is 7.19. The van der Waals surface area contributed by atoms with E-state index in [2.05, 4.69) is 41.2 Å². The predicted octanol–water partition coefficient (Wildman–Crippen LogP) is 3.28. The van der Waals surface area contributed by atoms with Crippen LogP contribution in [-0.4, -0.2) is 57.9 Å². The van der Waals surface area contributed by atoms with Gasteiger partial charge in [-0.05, 0) is 30.5 Å². The van der Waals surface area contributed by atoms with Crippen LogP contribution >= 0.6 is 24.0 Å². The molecular formula is C20H32IN3O2. The summed E-state index contributed by atoms with van der Waals surface area (Å²) < 4.78 is 10.9. The Morgan fingerprint density at radius 1 is 1.31 bits per heavy atom. The summed E-state index contributed by atoms with van der Waals surface area (Å²) in [5, 5.41) is 3.59. The van der Waals surface area contributed by atoms with Gasteiger partial charge in [-0.15, -0.1) is 24.0 Å². The van der Waals surface area contributed by atoms with Gasteiger partial charge in [-0.25, -0.2) is 0 Å². The summed E-state index contributed by atoms with van der Waals surface area (Å²) in [4.78, 5) is 6.91. The van der Waals surface area contributed by atoms with E-state index in [1.807, 2.05) is 19.2 Å². The molecule has 26 heavy (non-hydrogen) atoms. The number of halogens is 1. The molecule has 2 aliphatic heterocycles. The SMILES string of the molecule is CN=C(NCC(C)(C)c1ccc(OC)cc1)N1CCC2(CCOC2)C1.I. The lowest BCUT2D eigenvalue weighted by Gasteiger charge is -2.30. The molecule has 0 saturated carbocycles. The Balaban J connectivity index is 0.00000243. The fourth-order valence-corrected chi connectivity index (χ4v) is 3.86. The maximum atomic E-state index is 5.64. The number of likely N-dealkylation sites (tertiary alicyclic amines) is 1. The van der Waals surface area contributed by atoms with E-state index < -0.39 is 0 Å². The highest BCUT2D eigenvalue weighted by molar-refractivity contribution is 14.0. The van der Waals surface area contributed by atoms with E-state index in [0.29, 0.717) is 5.41 Å². The van der Waals surface area contributed by atoms with E-state index in [0.717, 1.165) is 44.6 Å². The third kappa shape index (κ3) is 4.63. The molecule has 1 atom stereocenters. The van der Waals surface area contributed by atoms with Crippen LogP contribution in [0.1, 0.15) is 32.3 Å². The van der Waals surface area contributed by atoms with Crippen LogP contribution in [0.5, 0.6) is 5.75 Å². The van der Waals surface area contributed by atoms with Crippen molar-refractivity contribution in [2.45, 2.75) is 32.1 Å². The van der Waals surface area contributed by atoms with Crippen molar-refractivity contribution in [3.05, 3.63) is 29.8 Å². The quantitative estimate of drug-likeness (QED) is 0.414. The topological polar surface area (TPSA) is 46.1 Å². The number of hydrogen-bond donors (Lipinski definition) is 1. The zero-order valence-corrected chi connectivity index (χ0v) is 18.7. The van der Waals surface area contributed by atoms with E-state index in [-0.39, 0.29) is 29.4 Å². The number of guanidine groups is 1. The molecular weight excluding hydrogens is 441 g/mol. The number of nitrogens with one attached hydrogen (secondary N) is 1. The molecule has 2 saturated heterocycles. The summed E-state index contributed by atoms with van der Waals surface area (Å²) in [5.74, 6) is 1.90. The minimum absolute atomic E-state index is 0. The van der Waals surface area contributed by atoms with Crippen molar-refractivity contribution in [2.24, 2.45) is 10.4 Å². The van der Waals surface area contributed by atoms with Crippen LogP contribution in [-0.2, 0) is 10.2 Å². The van der Waals surface area contributed by atoms with Gasteiger partial charge in [-0.3, -0.25) is 4.99 Å². The van der Waals surface area contributed by atoms with Gasteiger partial charge in [0.15, 0.2) is 5.96 Å². The molecule has 1 unspecified atom stereocenters. The molecule has 5 nitrogen and oxygen atoms in total. The van der Waals surface area contributed by atoms with Crippen LogP contribution in [0.15, 0.2) is 29.3 Å². The lowest BCUT2D eigenvalue weighted by atomic mass is 9.84. The van der Waals surface area contributed by atoms with Gasteiger partial charge in [-0.2, -0.15) is 0 Å². The molecule has 2 heterocycles. The van der Waals surface area contributed by atoms with Gasteiger partial charge in [0, 0.05) is 44.1 Å². The van der Waals surface area contributed by atoms with Crippen LogP contribution in [0.4, 0.5) is 0 Å². The Bertz CT molecular complexity index is 610. The fourth-order valence-electron chi connectivity index (χ4n) is 3.86. The van der Waals surface area contributed by atoms with Gasteiger partial charge in [0.05, 0.1) is 13.7 Å². The highest BCUT2D eigenvalue weighted by Gasteiger charge is 2.42. The minimum Gasteiger partial charge on any atom is -0.497 e. The van der Waals surface area contributed by atoms with Gasteiger partial charge in [0.2, 0.25) is 0 Å². The van der Waals surface area contributed by atoms with Crippen LogP contribution in [0.25, 0.3) is 0 Å². The Morgan fingerprint density at radius 3 is 2.62 bits per heavy atom. The molecule has 146 valence electrons. The molecule has 2 aliphatic rings. The zero-order chi connectivity index (χ0) is 17.9. The summed E-state index contributed by atoms with van der Waals surface area (Å²) in [7, 11) is 3.57. The third-order valence-electron chi connectivity index (χ3n) is 5.69.